The maximum atomic E-state index is 13.2. The van der Waals surface area contributed by atoms with E-state index < -0.39 is 10.0 Å². The minimum Gasteiger partial charge on any atom is -0.292 e. The van der Waals surface area contributed by atoms with Gasteiger partial charge in [-0.15, -0.1) is 0 Å². The summed E-state index contributed by atoms with van der Waals surface area (Å²) in [4.78, 5) is 12.8. The zero-order valence-electron chi connectivity index (χ0n) is 14.1. The molecule has 4 aromatic rings. The molecule has 0 N–H and O–H groups in total. The molecule has 5 heterocycles. The number of rotatable bonds is 3. The Kier molecular flexibility index (Phi) is 3.44. The summed E-state index contributed by atoms with van der Waals surface area (Å²) in [5.74, 6) is 0. The highest BCUT2D eigenvalue weighted by atomic mass is 32.2. The Bertz CT molecular complexity index is 1350. The van der Waals surface area contributed by atoms with Gasteiger partial charge >= 0.3 is 10.0 Å². The summed E-state index contributed by atoms with van der Waals surface area (Å²) in [5, 5.41) is 4.14. The van der Waals surface area contributed by atoms with Crippen molar-refractivity contribution in [3.05, 3.63) is 60.7 Å². The lowest BCUT2D eigenvalue weighted by atomic mass is 10.1. The first-order chi connectivity index (χ1) is 13.1. The fraction of sp³-hybridized carbons (Fsp3) is 0.111. The molecule has 1 aliphatic heterocycles. The van der Waals surface area contributed by atoms with Crippen molar-refractivity contribution >= 4 is 38.5 Å². The van der Waals surface area contributed by atoms with Crippen molar-refractivity contribution in [3.8, 4) is 0 Å². The van der Waals surface area contributed by atoms with Gasteiger partial charge in [0.25, 0.3) is 0 Å². The van der Waals surface area contributed by atoms with Crippen LogP contribution in [0.5, 0.6) is 0 Å². The van der Waals surface area contributed by atoms with Gasteiger partial charge in [0.15, 0.2) is 5.03 Å². The molecular formula is C18H14N6O2S. The highest BCUT2D eigenvalue weighted by molar-refractivity contribution is 7.90. The zero-order chi connectivity index (χ0) is 18.4. The number of imidazole rings is 1. The fourth-order valence-electron chi connectivity index (χ4n) is 3.13. The monoisotopic (exact) mass is 378 g/mol. The fourth-order valence-corrected chi connectivity index (χ4v) is 4.47. The lowest BCUT2D eigenvalue weighted by Gasteiger charge is -2.08. The second-order valence-corrected chi connectivity index (χ2v) is 7.84. The van der Waals surface area contributed by atoms with E-state index >= 15 is 0 Å². The average molecular weight is 378 g/mol. The van der Waals surface area contributed by atoms with Crippen LogP contribution in [0.2, 0.25) is 0 Å². The largest absolute Gasteiger partial charge is 0.301 e. The first-order valence-corrected chi connectivity index (χ1v) is 9.80. The van der Waals surface area contributed by atoms with Gasteiger partial charge in [-0.05, 0) is 30.2 Å². The summed E-state index contributed by atoms with van der Waals surface area (Å²) >= 11 is 0. The van der Waals surface area contributed by atoms with E-state index in [2.05, 4.69) is 26.1 Å². The number of aromatic nitrogens is 5. The van der Waals surface area contributed by atoms with Crippen LogP contribution in [0.25, 0.3) is 22.3 Å². The Hall–Kier alpha value is -3.33. The van der Waals surface area contributed by atoms with E-state index in [1.54, 1.807) is 42.9 Å². The molecule has 5 rings (SSSR count). The van der Waals surface area contributed by atoms with Crippen LogP contribution in [0, 0.1) is 0 Å². The topological polar surface area (TPSA) is 94.5 Å². The molecular weight excluding hydrogens is 364 g/mol. The second-order valence-electron chi connectivity index (χ2n) is 6.13. The Balaban J connectivity index is 1.70. The Morgan fingerprint density at radius 3 is 2.85 bits per heavy atom. The van der Waals surface area contributed by atoms with Crippen LogP contribution >= 0.6 is 0 Å². The number of dihydropyridines is 1. The van der Waals surface area contributed by atoms with Crippen LogP contribution in [0.15, 0.2) is 65.1 Å². The number of pyridine rings is 2. The van der Waals surface area contributed by atoms with E-state index in [1.165, 1.54) is 16.8 Å². The van der Waals surface area contributed by atoms with Crippen LogP contribution in [-0.4, -0.2) is 44.7 Å². The van der Waals surface area contributed by atoms with Crippen LogP contribution < -0.4 is 0 Å². The third-order valence-corrected chi connectivity index (χ3v) is 6.03. The molecule has 8 nitrogen and oxygen atoms in total. The first-order valence-electron chi connectivity index (χ1n) is 8.36. The molecule has 0 radical (unpaired) electrons. The maximum absolute atomic E-state index is 13.2. The minimum atomic E-state index is -3.94. The van der Waals surface area contributed by atoms with Crippen molar-refractivity contribution in [3.63, 3.8) is 0 Å². The summed E-state index contributed by atoms with van der Waals surface area (Å²) in [5.41, 5.74) is 3.20. The van der Waals surface area contributed by atoms with Crippen LogP contribution in [0.1, 0.15) is 12.0 Å². The lowest BCUT2D eigenvalue weighted by Crippen LogP contribution is -2.16. The van der Waals surface area contributed by atoms with E-state index in [9.17, 15) is 8.42 Å². The third kappa shape index (κ3) is 2.47. The molecule has 0 unspecified atom stereocenters. The van der Waals surface area contributed by atoms with E-state index in [0.717, 1.165) is 28.2 Å². The third-order valence-electron chi connectivity index (χ3n) is 4.45. The normalized spacial score (nSPS) is 14.7. The van der Waals surface area contributed by atoms with Crippen molar-refractivity contribution in [1.29, 1.82) is 0 Å². The maximum Gasteiger partial charge on any atom is 0.301 e. The first kappa shape index (κ1) is 15.9. The summed E-state index contributed by atoms with van der Waals surface area (Å²) in [7, 11) is -3.94. The molecule has 4 aromatic heterocycles. The van der Waals surface area contributed by atoms with Crippen LogP contribution in [-0.2, 0) is 10.0 Å². The van der Waals surface area contributed by atoms with E-state index in [-0.39, 0.29) is 5.03 Å². The standard InChI is InChI=1S/C18H14N6O2S/c25-27(26,18-12-21-17-5-1-2-7-23(17)18)24-16-8-14(10-20-15(16)11-22-24)13-4-3-6-19-9-13/h1-2,4-5,7-12H,3,6H2. The van der Waals surface area contributed by atoms with Gasteiger partial charge in [0.2, 0.25) is 0 Å². The zero-order valence-corrected chi connectivity index (χ0v) is 14.9. The number of allylic oxidation sites excluding steroid dienone is 1. The Morgan fingerprint density at radius 2 is 2.00 bits per heavy atom. The smallest absolute Gasteiger partial charge is 0.292 e. The average Bonchev–Trinajstić information content (AvgIpc) is 3.33. The molecule has 0 amide bonds. The SMILES string of the molecule is O=S(=O)(c1cnc2ccccn12)n1ncc2ncc(C3=CCCN=C3)cc21. The predicted octanol–water partition coefficient (Wildman–Crippen LogP) is 2.17. The summed E-state index contributed by atoms with van der Waals surface area (Å²) in [6.45, 7) is 0.764. The molecule has 0 bridgehead atoms. The molecule has 27 heavy (non-hydrogen) atoms. The number of fused-ring (bicyclic) bond motifs is 2. The number of aliphatic imine (C=N–C) groups is 1. The summed E-state index contributed by atoms with van der Waals surface area (Å²) < 4.78 is 29.0. The highest BCUT2D eigenvalue weighted by Crippen LogP contribution is 2.23. The van der Waals surface area contributed by atoms with Gasteiger partial charge in [-0.1, -0.05) is 12.1 Å². The van der Waals surface area contributed by atoms with E-state index in [1.807, 2.05) is 0 Å². The lowest BCUT2D eigenvalue weighted by molar-refractivity contribution is 0.577. The Labute approximate surface area is 154 Å². The van der Waals surface area contributed by atoms with Gasteiger partial charge in [-0.2, -0.15) is 17.6 Å². The van der Waals surface area contributed by atoms with Crippen molar-refractivity contribution in [2.24, 2.45) is 4.99 Å². The quantitative estimate of drug-likeness (QED) is 0.545. The van der Waals surface area contributed by atoms with Crippen molar-refractivity contribution < 1.29 is 8.42 Å². The molecule has 0 saturated heterocycles. The molecule has 9 heteroatoms. The number of hydrogen-bond donors (Lipinski definition) is 0. The molecule has 0 saturated carbocycles. The van der Waals surface area contributed by atoms with Crippen molar-refractivity contribution in [2.75, 3.05) is 6.54 Å². The van der Waals surface area contributed by atoms with Gasteiger partial charge in [-0.3, -0.25) is 14.4 Å². The molecule has 0 aliphatic carbocycles. The van der Waals surface area contributed by atoms with Crippen LogP contribution in [0.3, 0.4) is 0 Å². The molecule has 0 aromatic carbocycles. The molecule has 1 aliphatic rings. The molecule has 134 valence electrons. The van der Waals surface area contributed by atoms with Gasteiger partial charge in [-0.25, -0.2) is 4.98 Å². The minimum absolute atomic E-state index is 0.0481. The van der Waals surface area contributed by atoms with Gasteiger partial charge in [0.1, 0.15) is 16.7 Å². The van der Waals surface area contributed by atoms with Gasteiger partial charge < -0.3 is 0 Å². The predicted molar refractivity (Wildman–Crippen MR) is 101 cm³/mol. The molecule has 0 fully saturated rings. The van der Waals surface area contributed by atoms with Crippen LogP contribution in [0.4, 0.5) is 0 Å². The second kappa shape index (κ2) is 5.85. The highest BCUT2D eigenvalue weighted by Gasteiger charge is 2.25. The summed E-state index contributed by atoms with van der Waals surface area (Å²) in [6, 6.07) is 7.08. The van der Waals surface area contributed by atoms with Crippen molar-refractivity contribution in [1.82, 2.24) is 23.6 Å². The van der Waals surface area contributed by atoms with Crippen molar-refractivity contribution in [2.45, 2.75) is 11.4 Å². The Morgan fingerprint density at radius 1 is 1.07 bits per heavy atom. The number of nitrogens with zero attached hydrogens (tertiary/aromatic N) is 6. The van der Waals surface area contributed by atoms with E-state index in [4.69, 9.17) is 0 Å². The van der Waals surface area contributed by atoms with Gasteiger partial charge in [0.05, 0.1) is 12.4 Å². The number of hydrogen-bond acceptors (Lipinski definition) is 6. The molecule has 0 atom stereocenters. The van der Waals surface area contributed by atoms with E-state index in [0.29, 0.717) is 16.7 Å². The summed E-state index contributed by atoms with van der Waals surface area (Å²) in [6.07, 6.45) is 10.9. The molecule has 0 spiro atoms. The van der Waals surface area contributed by atoms with Gasteiger partial charge in [0, 0.05) is 30.7 Å².